The molecule has 8 aliphatic rings. The summed E-state index contributed by atoms with van der Waals surface area (Å²) in [5, 5.41) is 0.175. The summed E-state index contributed by atoms with van der Waals surface area (Å²) in [6.45, 7) is 6.57. The molecule has 0 amide bonds. The van der Waals surface area contributed by atoms with Crippen molar-refractivity contribution in [2.75, 3.05) is 9.80 Å². The molecule has 8 aromatic rings. The van der Waals surface area contributed by atoms with E-state index < -0.39 is 24.2 Å². The number of anilines is 4. The van der Waals surface area contributed by atoms with Crippen molar-refractivity contribution in [1.82, 2.24) is 4.57 Å². The Labute approximate surface area is 523 Å². The monoisotopic (exact) mass is 1130 g/mol. The Morgan fingerprint density at radius 2 is 1.03 bits per heavy atom. The quantitative estimate of drug-likeness (QED) is 0.105. The second kappa shape index (κ2) is 22.3. The summed E-state index contributed by atoms with van der Waals surface area (Å²) in [5.41, 5.74) is 21.4. The fourth-order valence-electron chi connectivity index (χ4n) is 17.3. The first kappa shape index (κ1) is 45.7. The highest BCUT2D eigenvalue weighted by Gasteiger charge is 2.51. The molecular formula is C82H84BN3. The number of fused-ring (bicyclic) bond motifs is 7. The van der Waals surface area contributed by atoms with E-state index in [-0.39, 0.29) is 76.1 Å². The van der Waals surface area contributed by atoms with Gasteiger partial charge in [0.05, 0.1) is 34.1 Å². The average molecular weight is 1130 g/mol. The van der Waals surface area contributed by atoms with Crippen LogP contribution >= 0.6 is 0 Å². The highest BCUT2D eigenvalue weighted by molar-refractivity contribution is 7.00. The maximum absolute atomic E-state index is 9.76. The van der Waals surface area contributed by atoms with E-state index in [0.717, 1.165) is 124 Å². The highest BCUT2D eigenvalue weighted by Crippen LogP contribution is 2.53. The smallest absolute Gasteiger partial charge is 0.252 e. The molecule has 0 saturated heterocycles. The summed E-state index contributed by atoms with van der Waals surface area (Å²) in [4.78, 5) is 5.68. The first-order valence-corrected chi connectivity index (χ1v) is 33.0. The van der Waals surface area contributed by atoms with E-state index in [2.05, 4.69) is 182 Å². The summed E-state index contributed by atoms with van der Waals surface area (Å²) in [6, 6.07) is 36.4. The summed E-state index contributed by atoms with van der Waals surface area (Å²) in [7, 11) is 0. The van der Waals surface area contributed by atoms with Crippen molar-refractivity contribution in [3.63, 3.8) is 0 Å². The summed E-state index contributed by atoms with van der Waals surface area (Å²) in [6.07, 6.45) is 39.8. The van der Waals surface area contributed by atoms with Gasteiger partial charge in [-0.3, -0.25) is 0 Å². The zero-order chi connectivity index (χ0) is 64.4. The van der Waals surface area contributed by atoms with Crippen molar-refractivity contribution in [3.8, 4) is 27.9 Å². The van der Waals surface area contributed by atoms with E-state index in [4.69, 9.17) is 2.74 Å². The van der Waals surface area contributed by atoms with Crippen molar-refractivity contribution in [2.45, 2.75) is 154 Å². The van der Waals surface area contributed by atoms with Crippen LogP contribution in [0.4, 0.5) is 22.7 Å². The van der Waals surface area contributed by atoms with Crippen LogP contribution in [0.15, 0.2) is 222 Å². The molecule has 0 bridgehead atoms. The first-order valence-electron chi connectivity index (χ1n) is 37.0. The van der Waals surface area contributed by atoms with Gasteiger partial charge < -0.3 is 14.4 Å². The lowest BCUT2D eigenvalue weighted by Crippen LogP contribution is -2.65. The molecule has 0 spiro atoms. The van der Waals surface area contributed by atoms with E-state index >= 15 is 0 Å². The van der Waals surface area contributed by atoms with Crippen LogP contribution in [0.2, 0.25) is 0 Å². The number of allylic oxidation sites excluding steroid dienone is 8. The molecule has 0 fully saturated rings. The predicted octanol–water partition coefficient (Wildman–Crippen LogP) is 20.0. The summed E-state index contributed by atoms with van der Waals surface area (Å²) >= 11 is 0. The number of hydrogen-bond donors (Lipinski definition) is 0. The second-order valence-electron chi connectivity index (χ2n) is 27.3. The van der Waals surface area contributed by atoms with E-state index in [1.54, 1.807) is 21.3 Å². The maximum Gasteiger partial charge on any atom is 0.252 e. The Balaban J connectivity index is 1.05. The molecule has 6 aliphatic carbocycles. The fraction of sp³-hybridized carbons (Fsp3) is 0.341. The molecule has 1 aromatic heterocycles. The third-order valence-electron chi connectivity index (χ3n) is 21.4. The number of benzene rings is 7. The Kier molecular flexibility index (Phi) is 11.9. The number of nitrogens with zero attached hydrogens (tertiary/aromatic N) is 3. The SMILES string of the molecule is [2H]c1c([2H])c([2H])c2c(c1[2H])c1c([2H])c([2H])c([2H])c([2H])c1n2-c1ccc2c(c1)N(C1C(C3CC=CCC3)=CCCC1C1=CCCCC1)c1cc(-c3ccccc3)cc3c1B2c1cc(-c2ccc(C(C)(C)C)cc2)ccc1N3C1C(C2CC=CCC2)=CCCC1C1=CCCCC1. The molecular weight excluding hydrogens is 1040 g/mol. The van der Waals surface area contributed by atoms with Gasteiger partial charge in [0.1, 0.15) is 0 Å². The summed E-state index contributed by atoms with van der Waals surface area (Å²) < 4.78 is 76.7. The minimum Gasteiger partial charge on any atom is -0.334 e. The normalized spacial score (nSPS) is 25.0. The molecule has 16 rings (SSSR count). The molecule has 86 heavy (non-hydrogen) atoms. The van der Waals surface area contributed by atoms with Crippen molar-refractivity contribution >= 4 is 67.7 Å². The van der Waals surface area contributed by atoms with E-state index in [1.807, 2.05) is 0 Å². The molecule has 430 valence electrons. The van der Waals surface area contributed by atoms with Gasteiger partial charge in [-0.05, 0) is 231 Å². The minimum absolute atomic E-state index is 0.0137. The van der Waals surface area contributed by atoms with Gasteiger partial charge in [0.2, 0.25) is 0 Å². The average Bonchev–Trinajstić information content (AvgIpc) is 0.949. The number of rotatable bonds is 9. The number of para-hydroxylation sites is 2. The molecule has 3 heterocycles. The van der Waals surface area contributed by atoms with Crippen LogP contribution in [0.3, 0.4) is 0 Å². The van der Waals surface area contributed by atoms with Crippen LogP contribution in [0.1, 0.15) is 153 Å². The molecule has 4 heteroatoms. The first-order chi connectivity index (χ1) is 45.7. The van der Waals surface area contributed by atoms with Crippen LogP contribution < -0.4 is 26.2 Å². The van der Waals surface area contributed by atoms with Gasteiger partial charge >= 0.3 is 0 Å². The Bertz CT molecular complexity index is 4520. The molecule has 2 aliphatic heterocycles. The Hall–Kier alpha value is -7.56. The lowest BCUT2D eigenvalue weighted by Gasteiger charge is -2.53. The van der Waals surface area contributed by atoms with Gasteiger partial charge in [-0.25, -0.2) is 0 Å². The lowest BCUT2D eigenvalue weighted by molar-refractivity contribution is 0.391. The molecule has 0 saturated carbocycles. The molecule has 0 radical (unpaired) electrons. The molecule has 0 N–H and O–H groups in total. The van der Waals surface area contributed by atoms with Crippen molar-refractivity contribution in [3.05, 3.63) is 228 Å². The number of hydrogen-bond acceptors (Lipinski definition) is 2. The van der Waals surface area contributed by atoms with Crippen LogP contribution in [0.25, 0.3) is 49.7 Å². The van der Waals surface area contributed by atoms with E-state index in [9.17, 15) is 8.22 Å². The second-order valence-corrected chi connectivity index (χ2v) is 27.3. The van der Waals surface area contributed by atoms with Crippen molar-refractivity contribution in [2.24, 2.45) is 23.7 Å². The maximum atomic E-state index is 9.76. The van der Waals surface area contributed by atoms with Crippen molar-refractivity contribution in [1.29, 1.82) is 0 Å². The third kappa shape index (κ3) is 9.29. The van der Waals surface area contributed by atoms with Gasteiger partial charge in [0, 0.05) is 51.0 Å². The van der Waals surface area contributed by atoms with Crippen molar-refractivity contribution < 1.29 is 11.0 Å². The van der Waals surface area contributed by atoms with Gasteiger partial charge in [0.25, 0.3) is 6.71 Å². The summed E-state index contributed by atoms with van der Waals surface area (Å²) in [5.74, 6) is 1.24. The fourth-order valence-corrected chi connectivity index (χ4v) is 17.3. The number of aromatic nitrogens is 1. The van der Waals surface area contributed by atoms with Gasteiger partial charge in [-0.1, -0.05) is 190 Å². The Morgan fingerprint density at radius 1 is 0.465 bits per heavy atom. The van der Waals surface area contributed by atoms with E-state index in [0.29, 0.717) is 23.4 Å². The lowest BCUT2D eigenvalue weighted by atomic mass is 9.33. The zero-order valence-corrected chi connectivity index (χ0v) is 50.5. The molecule has 6 atom stereocenters. The van der Waals surface area contributed by atoms with Crippen LogP contribution in [0.5, 0.6) is 0 Å². The van der Waals surface area contributed by atoms with Crippen LogP contribution in [-0.2, 0) is 5.41 Å². The van der Waals surface area contributed by atoms with Gasteiger partial charge in [-0.2, -0.15) is 0 Å². The van der Waals surface area contributed by atoms with Crippen LogP contribution in [-0.4, -0.2) is 23.4 Å². The molecule has 7 aromatic carbocycles. The third-order valence-corrected chi connectivity index (χ3v) is 21.4. The van der Waals surface area contributed by atoms with E-state index in [1.165, 1.54) is 64.0 Å². The Morgan fingerprint density at radius 3 is 1.59 bits per heavy atom. The van der Waals surface area contributed by atoms with Gasteiger partial charge in [0.15, 0.2) is 0 Å². The zero-order valence-electron chi connectivity index (χ0n) is 58.5. The topological polar surface area (TPSA) is 11.4 Å². The predicted molar refractivity (Wildman–Crippen MR) is 367 cm³/mol. The molecule has 6 unspecified atom stereocenters. The highest BCUT2D eigenvalue weighted by atomic mass is 15.2. The molecule has 3 nitrogen and oxygen atoms in total. The largest absolute Gasteiger partial charge is 0.334 e. The van der Waals surface area contributed by atoms with Gasteiger partial charge in [-0.15, -0.1) is 0 Å². The standard InChI is InChI=1S/C82H84BN3/c1-82(2,3)63-46-43-56(44-47-63)61-45-50-75-72(51-61)83-71-49-48-64(84-73-41-21-19-35-69(73)70-36-20-22-42-74(70)84)54-76(71)86(81-67(59-31-15-7-16-32-59)39-24-40-68(81)60-33-17-8-18-34-60)78-53-62(55-25-9-4-10-26-55)52-77(79(78)83)85(75)80-65(57-27-11-5-12-28-57)37-23-38-66(80)58-29-13-6-14-30-58/h4-5,7,9-11,15,19-22,25-26,29,33,35-37,39,41-54,57,59,66,68,80-81H,6,8,12-14,16-18,23-24,27-28,30-32,34,38,40H2,1-3H3/i19D,20D,21D,22D,35D,36D,41D,42D. The van der Waals surface area contributed by atoms with Crippen LogP contribution in [0, 0.1) is 23.7 Å². The minimum atomic E-state index is -0.442.